The molecule has 1 N–H and O–H groups in total. The molecule has 1 heterocycles. The number of nitrogens with one attached hydrogen (secondary N) is 1. The molecule has 3 aromatic carbocycles. The maximum absolute atomic E-state index is 13.1. The number of alkyl halides is 3. The van der Waals surface area contributed by atoms with E-state index < -0.39 is 27.5 Å². The fraction of sp³-hybridized carbons (Fsp3) is 0.0455. The van der Waals surface area contributed by atoms with Crippen molar-refractivity contribution in [3.05, 3.63) is 90.6 Å². The van der Waals surface area contributed by atoms with Crippen LogP contribution in [0.1, 0.15) is 5.56 Å². The zero-order valence-corrected chi connectivity index (χ0v) is 16.6. The average Bonchev–Trinajstić information content (AvgIpc) is 3.24. The van der Waals surface area contributed by atoms with Crippen LogP contribution in [0.5, 0.6) is 0 Å². The highest BCUT2D eigenvalue weighted by Gasteiger charge is 2.34. The average molecular weight is 444 g/mol. The van der Waals surface area contributed by atoms with Crippen LogP contribution in [0.25, 0.3) is 22.8 Å². The SMILES string of the molecule is O=S(=O)(Nc1ccccc1C(F)(F)F)c1ccc(-c2ncc(-c3ccccc3)o2)cc1. The second-order valence-corrected chi connectivity index (χ2v) is 8.25. The normalized spacial score (nSPS) is 12.0. The Balaban J connectivity index is 1.58. The van der Waals surface area contributed by atoms with E-state index in [-0.39, 0.29) is 10.8 Å². The summed E-state index contributed by atoms with van der Waals surface area (Å²) in [4.78, 5) is 4.01. The molecule has 0 fully saturated rings. The number of anilines is 1. The zero-order chi connectivity index (χ0) is 22.1. The van der Waals surface area contributed by atoms with Gasteiger partial charge in [-0.2, -0.15) is 13.2 Å². The maximum Gasteiger partial charge on any atom is 0.418 e. The molecule has 0 amide bonds. The third kappa shape index (κ3) is 4.46. The summed E-state index contributed by atoms with van der Waals surface area (Å²) in [7, 11) is -4.23. The van der Waals surface area contributed by atoms with E-state index in [0.29, 0.717) is 11.3 Å². The molecule has 0 aliphatic heterocycles. The monoisotopic (exact) mass is 444 g/mol. The van der Waals surface area contributed by atoms with Crippen LogP contribution >= 0.6 is 0 Å². The van der Waals surface area contributed by atoms with Gasteiger partial charge in [0.05, 0.1) is 22.3 Å². The molecule has 0 unspecified atom stereocenters. The second kappa shape index (κ2) is 7.92. The Morgan fingerprint density at radius 2 is 1.45 bits per heavy atom. The molecule has 0 saturated carbocycles. The van der Waals surface area contributed by atoms with Gasteiger partial charge in [-0.1, -0.05) is 42.5 Å². The fourth-order valence-electron chi connectivity index (χ4n) is 2.94. The van der Waals surface area contributed by atoms with Gasteiger partial charge in [0.2, 0.25) is 5.89 Å². The van der Waals surface area contributed by atoms with Gasteiger partial charge in [-0.05, 0) is 36.4 Å². The number of oxazole rings is 1. The first-order valence-electron chi connectivity index (χ1n) is 9.05. The Morgan fingerprint density at radius 3 is 2.13 bits per heavy atom. The molecule has 0 radical (unpaired) electrons. The largest absolute Gasteiger partial charge is 0.436 e. The molecular formula is C22H15F3N2O3S. The lowest BCUT2D eigenvalue weighted by Crippen LogP contribution is -2.17. The first-order valence-corrected chi connectivity index (χ1v) is 10.5. The minimum Gasteiger partial charge on any atom is -0.436 e. The van der Waals surface area contributed by atoms with Crippen molar-refractivity contribution >= 4 is 15.7 Å². The Hall–Kier alpha value is -3.59. The van der Waals surface area contributed by atoms with Gasteiger partial charge in [0.1, 0.15) is 0 Å². The van der Waals surface area contributed by atoms with Gasteiger partial charge in [0, 0.05) is 11.1 Å². The molecule has 1 aromatic heterocycles. The number of hydrogen-bond acceptors (Lipinski definition) is 4. The van der Waals surface area contributed by atoms with Crippen LogP contribution in [-0.4, -0.2) is 13.4 Å². The zero-order valence-electron chi connectivity index (χ0n) is 15.8. The lowest BCUT2D eigenvalue weighted by atomic mass is 10.2. The van der Waals surface area contributed by atoms with Crippen LogP contribution in [0.3, 0.4) is 0 Å². The number of benzene rings is 3. The maximum atomic E-state index is 13.1. The van der Waals surface area contributed by atoms with E-state index in [0.717, 1.165) is 17.7 Å². The summed E-state index contributed by atoms with van der Waals surface area (Å²) in [5, 5.41) is 0. The number of nitrogens with zero attached hydrogens (tertiary/aromatic N) is 1. The molecule has 0 spiro atoms. The Morgan fingerprint density at radius 1 is 0.806 bits per heavy atom. The van der Waals surface area contributed by atoms with Crippen molar-refractivity contribution in [2.75, 3.05) is 4.72 Å². The van der Waals surface area contributed by atoms with Crippen LogP contribution in [0.2, 0.25) is 0 Å². The van der Waals surface area contributed by atoms with Crippen molar-refractivity contribution in [1.82, 2.24) is 4.98 Å². The molecule has 0 atom stereocenters. The van der Waals surface area contributed by atoms with Crippen molar-refractivity contribution in [2.45, 2.75) is 11.1 Å². The summed E-state index contributed by atoms with van der Waals surface area (Å²) in [5.41, 5.74) is -0.243. The van der Waals surface area contributed by atoms with Gasteiger partial charge in [-0.25, -0.2) is 13.4 Å². The molecule has 9 heteroatoms. The molecule has 5 nitrogen and oxygen atoms in total. The lowest BCUT2D eigenvalue weighted by Gasteiger charge is -2.14. The Labute approximate surface area is 176 Å². The van der Waals surface area contributed by atoms with Crippen LogP contribution in [0.15, 0.2) is 94.4 Å². The molecule has 31 heavy (non-hydrogen) atoms. The number of sulfonamides is 1. The topological polar surface area (TPSA) is 72.2 Å². The molecule has 4 rings (SSSR count). The molecule has 158 valence electrons. The van der Waals surface area contributed by atoms with E-state index in [1.807, 2.05) is 35.1 Å². The van der Waals surface area contributed by atoms with Crippen molar-refractivity contribution in [3.8, 4) is 22.8 Å². The molecule has 0 bridgehead atoms. The first kappa shape index (κ1) is 20.7. The molecular weight excluding hydrogens is 429 g/mol. The van der Waals surface area contributed by atoms with E-state index >= 15 is 0 Å². The van der Waals surface area contributed by atoms with E-state index in [4.69, 9.17) is 4.42 Å². The van der Waals surface area contributed by atoms with Gasteiger partial charge in [0.25, 0.3) is 10.0 Å². The van der Waals surface area contributed by atoms with Crippen molar-refractivity contribution < 1.29 is 26.0 Å². The van der Waals surface area contributed by atoms with Crippen LogP contribution in [-0.2, 0) is 16.2 Å². The predicted molar refractivity (Wildman–Crippen MR) is 110 cm³/mol. The highest BCUT2D eigenvalue weighted by atomic mass is 32.2. The highest BCUT2D eigenvalue weighted by molar-refractivity contribution is 7.92. The second-order valence-electron chi connectivity index (χ2n) is 6.57. The van der Waals surface area contributed by atoms with Gasteiger partial charge in [0.15, 0.2) is 5.76 Å². The minimum atomic E-state index is -4.69. The lowest BCUT2D eigenvalue weighted by molar-refractivity contribution is -0.136. The van der Waals surface area contributed by atoms with Crippen molar-refractivity contribution in [1.29, 1.82) is 0 Å². The number of aromatic nitrogens is 1. The van der Waals surface area contributed by atoms with Gasteiger partial charge in [-0.15, -0.1) is 0 Å². The molecule has 0 aliphatic rings. The third-order valence-electron chi connectivity index (χ3n) is 4.45. The van der Waals surface area contributed by atoms with E-state index in [1.165, 1.54) is 36.4 Å². The molecule has 0 aliphatic carbocycles. The summed E-state index contributed by atoms with van der Waals surface area (Å²) < 4.78 is 72.4. The summed E-state index contributed by atoms with van der Waals surface area (Å²) >= 11 is 0. The molecule has 0 saturated heterocycles. The van der Waals surface area contributed by atoms with Crippen LogP contribution in [0.4, 0.5) is 18.9 Å². The third-order valence-corrected chi connectivity index (χ3v) is 5.83. The van der Waals surface area contributed by atoms with Crippen molar-refractivity contribution in [2.24, 2.45) is 0 Å². The number of rotatable bonds is 5. The van der Waals surface area contributed by atoms with E-state index in [1.54, 1.807) is 6.20 Å². The highest BCUT2D eigenvalue weighted by Crippen LogP contribution is 2.35. The van der Waals surface area contributed by atoms with Crippen LogP contribution in [0, 0.1) is 0 Å². The number of para-hydroxylation sites is 1. The summed E-state index contributed by atoms with van der Waals surface area (Å²) in [6.07, 6.45) is -3.13. The quantitative estimate of drug-likeness (QED) is 0.421. The summed E-state index contributed by atoms with van der Waals surface area (Å²) in [6.45, 7) is 0. The number of hydrogen-bond donors (Lipinski definition) is 1. The number of halogens is 3. The van der Waals surface area contributed by atoms with Gasteiger partial charge < -0.3 is 4.42 Å². The van der Waals surface area contributed by atoms with E-state index in [2.05, 4.69) is 4.98 Å². The Bertz CT molecular complexity index is 1300. The van der Waals surface area contributed by atoms with Crippen LogP contribution < -0.4 is 4.72 Å². The first-order chi connectivity index (χ1) is 14.7. The summed E-state index contributed by atoms with van der Waals surface area (Å²) in [5.74, 6) is 0.843. The van der Waals surface area contributed by atoms with E-state index in [9.17, 15) is 21.6 Å². The Kier molecular flexibility index (Phi) is 5.28. The van der Waals surface area contributed by atoms with Crippen molar-refractivity contribution in [3.63, 3.8) is 0 Å². The van der Waals surface area contributed by atoms with Gasteiger partial charge >= 0.3 is 6.18 Å². The molecule has 4 aromatic rings. The standard InChI is InChI=1S/C22H15F3N2O3S/c23-22(24,25)18-8-4-5-9-19(18)27-31(28,29)17-12-10-16(11-13-17)21-26-14-20(30-21)15-6-2-1-3-7-15/h1-14,27H. The summed E-state index contributed by atoms with van der Waals surface area (Å²) in [6, 6.07) is 19.2. The predicted octanol–water partition coefficient (Wildman–Crippen LogP) is 5.83. The minimum absolute atomic E-state index is 0.192. The smallest absolute Gasteiger partial charge is 0.418 e. The fourth-order valence-corrected chi connectivity index (χ4v) is 4.02. The van der Waals surface area contributed by atoms with Gasteiger partial charge in [-0.3, -0.25) is 4.72 Å².